The van der Waals surface area contributed by atoms with Crippen LogP contribution in [-0.4, -0.2) is 0 Å². The molecule has 1 heteroatoms. The van der Waals surface area contributed by atoms with E-state index in [2.05, 4.69) is 109 Å². The summed E-state index contributed by atoms with van der Waals surface area (Å²) in [5.41, 5.74) is 7.64. The zero-order chi connectivity index (χ0) is 18.9. The van der Waals surface area contributed by atoms with Crippen LogP contribution in [0.1, 0.15) is 23.1 Å². The summed E-state index contributed by atoms with van der Waals surface area (Å²) in [6.45, 7) is 2.15. The molecule has 0 N–H and O–H groups in total. The van der Waals surface area contributed by atoms with E-state index >= 15 is 0 Å². The van der Waals surface area contributed by atoms with Gasteiger partial charge in [0.1, 0.15) is 0 Å². The summed E-state index contributed by atoms with van der Waals surface area (Å²) in [6, 6.07) is 30.8. The monoisotopic (exact) mass is 361 g/mol. The van der Waals surface area contributed by atoms with Gasteiger partial charge < -0.3 is 4.90 Å². The maximum atomic E-state index is 2.39. The minimum atomic E-state index is 1.13. The second kappa shape index (κ2) is 7.01. The summed E-state index contributed by atoms with van der Waals surface area (Å²) in [5.74, 6) is 0. The fraction of sp³-hybridized carbons (Fsp3) is 0.111. The molecule has 0 saturated heterocycles. The molecule has 136 valence electrons. The predicted molar refractivity (Wildman–Crippen MR) is 121 cm³/mol. The Labute approximate surface area is 166 Å². The van der Waals surface area contributed by atoms with Gasteiger partial charge in [0, 0.05) is 16.8 Å². The van der Waals surface area contributed by atoms with Crippen LogP contribution in [0.5, 0.6) is 0 Å². The van der Waals surface area contributed by atoms with Crippen molar-refractivity contribution in [3.8, 4) is 0 Å². The van der Waals surface area contributed by atoms with Gasteiger partial charge in [0.15, 0.2) is 0 Å². The van der Waals surface area contributed by atoms with Crippen LogP contribution < -0.4 is 4.90 Å². The molecular weight excluding hydrogens is 338 g/mol. The molecule has 0 aromatic heterocycles. The Hall–Kier alpha value is -3.32. The fourth-order valence-corrected chi connectivity index (χ4v) is 4.15. The minimum absolute atomic E-state index is 1.13. The van der Waals surface area contributed by atoms with Crippen LogP contribution in [-0.2, 0) is 6.42 Å². The zero-order valence-corrected chi connectivity index (χ0v) is 16.1. The van der Waals surface area contributed by atoms with Crippen LogP contribution in [0.15, 0.2) is 91.0 Å². The molecule has 4 aromatic rings. The van der Waals surface area contributed by atoms with Gasteiger partial charge in [-0.15, -0.1) is 0 Å². The molecule has 0 aliphatic heterocycles. The number of hydrogen-bond donors (Lipinski definition) is 0. The van der Waals surface area contributed by atoms with E-state index in [9.17, 15) is 0 Å². The third kappa shape index (κ3) is 2.99. The average Bonchev–Trinajstić information content (AvgIpc) is 2.74. The van der Waals surface area contributed by atoms with E-state index in [4.69, 9.17) is 0 Å². The lowest BCUT2D eigenvalue weighted by Crippen LogP contribution is -2.11. The van der Waals surface area contributed by atoms with Gasteiger partial charge in [0.2, 0.25) is 0 Å². The lowest BCUT2D eigenvalue weighted by atomic mass is 9.96. The Morgan fingerprint density at radius 1 is 0.750 bits per heavy atom. The minimum Gasteiger partial charge on any atom is -0.310 e. The standard InChI is InChI=1S/C27H23N/c1-20-8-6-13-24(18-20)28(25-17-16-21-9-2-3-11-23(21)19-25)27-15-7-12-22-10-4-5-14-26(22)27/h3-8,10-19H,2,9H2,1H3. The highest BCUT2D eigenvalue weighted by molar-refractivity contribution is 5.99. The number of benzene rings is 4. The molecule has 5 rings (SSSR count). The first-order valence-electron chi connectivity index (χ1n) is 9.94. The molecule has 0 amide bonds. The molecule has 28 heavy (non-hydrogen) atoms. The topological polar surface area (TPSA) is 3.24 Å². The number of rotatable bonds is 3. The number of fused-ring (bicyclic) bond motifs is 2. The number of allylic oxidation sites excluding steroid dienone is 1. The van der Waals surface area contributed by atoms with Gasteiger partial charge in [-0.3, -0.25) is 0 Å². The molecule has 0 heterocycles. The van der Waals surface area contributed by atoms with Gasteiger partial charge in [0.25, 0.3) is 0 Å². The van der Waals surface area contributed by atoms with Crippen molar-refractivity contribution >= 4 is 33.9 Å². The van der Waals surface area contributed by atoms with Crippen LogP contribution in [0, 0.1) is 6.92 Å². The molecule has 0 radical (unpaired) electrons. The Balaban J connectivity index is 1.76. The highest BCUT2D eigenvalue weighted by Gasteiger charge is 2.16. The van der Waals surface area contributed by atoms with E-state index in [1.54, 1.807) is 0 Å². The SMILES string of the molecule is Cc1cccc(N(c2ccc3c(c2)C=CCC3)c2cccc3ccccc23)c1. The van der Waals surface area contributed by atoms with E-state index in [-0.39, 0.29) is 0 Å². The maximum Gasteiger partial charge on any atom is 0.0540 e. The predicted octanol–water partition coefficient (Wildman–Crippen LogP) is 7.58. The number of anilines is 3. The number of hydrogen-bond acceptors (Lipinski definition) is 1. The second-order valence-corrected chi connectivity index (χ2v) is 7.50. The quantitative estimate of drug-likeness (QED) is 0.363. The van der Waals surface area contributed by atoms with Crippen molar-refractivity contribution < 1.29 is 0 Å². The van der Waals surface area contributed by atoms with Crippen molar-refractivity contribution in [3.63, 3.8) is 0 Å². The molecule has 0 bridgehead atoms. The first-order valence-corrected chi connectivity index (χ1v) is 9.94. The zero-order valence-electron chi connectivity index (χ0n) is 16.1. The third-order valence-electron chi connectivity index (χ3n) is 5.53. The molecule has 0 spiro atoms. The van der Waals surface area contributed by atoms with E-state index in [0.717, 1.165) is 12.8 Å². The van der Waals surface area contributed by atoms with Gasteiger partial charge in [-0.05, 0) is 72.2 Å². The van der Waals surface area contributed by atoms with E-state index in [1.165, 1.54) is 44.5 Å². The van der Waals surface area contributed by atoms with Crippen molar-refractivity contribution in [1.29, 1.82) is 0 Å². The van der Waals surface area contributed by atoms with Gasteiger partial charge in [-0.1, -0.05) is 66.7 Å². The lowest BCUT2D eigenvalue weighted by molar-refractivity contribution is 0.985. The van der Waals surface area contributed by atoms with Gasteiger partial charge in [-0.2, -0.15) is 0 Å². The summed E-state index contributed by atoms with van der Waals surface area (Å²) in [5, 5.41) is 2.52. The molecule has 0 saturated carbocycles. The highest BCUT2D eigenvalue weighted by Crippen LogP contribution is 2.40. The summed E-state index contributed by atoms with van der Waals surface area (Å²) in [4.78, 5) is 2.39. The third-order valence-corrected chi connectivity index (χ3v) is 5.53. The molecule has 1 nitrogen and oxygen atoms in total. The Kier molecular flexibility index (Phi) is 4.21. The Morgan fingerprint density at radius 3 is 2.50 bits per heavy atom. The van der Waals surface area contributed by atoms with Crippen molar-refractivity contribution in [1.82, 2.24) is 0 Å². The van der Waals surface area contributed by atoms with Crippen LogP contribution in [0.2, 0.25) is 0 Å². The molecule has 1 aliphatic carbocycles. The first kappa shape index (κ1) is 16.8. The van der Waals surface area contributed by atoms with E-state index in [0.29, 0.717) is 0 Å². The summed E-state index contributed by atoms with van der Waals surface area (Å²) >= 11 is 0. The highest BCUT2D eigenvalue weighted by atomic mass is 15.1. The average molecular weight is 361 g/mol. The Bertz CT molecular complexity index is 1180. The van der Waals surface area contributed by atoms with Gasteiger partial charge in [-0.25, -0.2) is 0 Å². The normalized spacial score (nSPS) is 12.8. The lowest BCUT2D eigenvalue weighted by Gasteiger charge is -2.28. The molecule has 4 aromatic carbocycles. The second-order valence-electron chi connectivity index (χ2n) is 7.50. The largest absolute Gasteiger partial charge is 0.310 e. The summed E-state index contributed by atoms with van der Waals surface area (Å²) < 4.78 is 0. The van der Waals surface area contributed by atoms with Crippen LogP contribution in [0.25, 0.3) is 16.8 Å². The van der Waals surface area contributed by atoms with Crippen LogP contribution in [0.3, 0.4) is 0 Å². The first-order chi connectivity index (χ1) is 13.8. The summed E-state index contributed by atoms with van der Waals surface area (Å²) in [6.07, 6.45) is 6.81. The van der Waals surface area contributed by atoms with Crippen molar-refractivity contribution in [2.45, 2.75) is 19.8 Å². The van der Waals surface area contributed by atoms with Gasteiger partial charge in [0.05, 0.1) is 5.69 Å². The molecule has 0 atom stereocenters. The maximum absolute atomic E-state index is 2.39. The molecule has 0 fully saturated rings. The van der Waals surface area contributed by atoms with Crippen molar-refractivity contribution in [3.05, 3.63) is 108 Å². The van der Waals surface area contributed by atoms with Crippen molar-refractivity contribution in [2.75, 3.05) is 4.90 Å². The molecular formula is C27H23N. The number of nitrogens with zero attached hydrogens (tertiary/aromatic N) is 1. The summed E-state index contributed by atoms with van der Waals surface area (Å²) in [7, 11) is 0. The van der Waals surface area contributed by atoms with Crippen LogP contribution in [0.4, 0.5) is 17.1 Å². The number of aryl methyl sites for hydroxylation is 2. The molecule has 0 unspecified atom stereocenters. The fourth-order valence-electron chi connectivity index (χ4n) is 4.15. The van der Waals surface area contributed by atoms with E-state index in [1.807, 2.05) is 0 Å². The van der Waals surface area contributed by atoms with Gasteiger partial charge >= 0.3 is 0 Å². The Morgan fingerprint density at radius 2 is 1.57 bits per heavy atom. The smallest absolute Gasteiger partial charge is 0.0540 e. The van der Waals surface area contributed by atoms with Crippen molar-refractivity contribution in [2.24, 2.45) is 0 Å². The van der Waals surface area contributed by atoms with E-state index < -0.39 is 0 Å². The molecule has 1 aliphatic rings. The van der Waals surface area contributed by atoms with Crippen LogP contribution >= 0.6 is 0 Å².